The number of nitrogens with one attached hydrogen (secondary N) is 1. The molecule has 0 aliphatic carbocycles. The van der Waals surface area contributed by atoms with Crippen LogP contribution in [0.3, 0.4) is 0 Å². The number of aliphatic hydroxyl groups is 1. The number of hydrogen-bond acceptors (Lipinski definition) is 4. The van der Waals surface area contributed by atoms with Crippen LogP contribution in [-0.4, -0.2) is 56.4 Å². The molecule has 0 saturated carbocycles. The molecule has 1 unspecified atom stereocenters. The molecule has 6 heteroatoms. The Hall–Kier alpha value is -2.73. The van der Waals surface area contributed by atoms with E-state index in [1.54, 1.807) is 7.11 Å². The van der Waals surface area contributed by atoms with Crippen molar-refractivity contribution in [2.45, 2.75) is 13.0 Å². The van der Waals surface area contributed by atoms with Crippen molar-refractivity contribution in [2.75, 3.05) is 40.4 Å². The van der Waals surface area contributed by atoms with Crippen LogP contribution in [0.5, 0.6) is 11.5 Å². The summed E-state index contributed by atoms with van der Waals surface area (Å²) in [5.41, 5.74) is 0.811. The summed E-state index contributed by atoms with van der Waals surface area (Å²) in [4.78, 5) is 6.55. The molecule has 2 rings (SSSR count). The van der Waals surface area contributed by atoms with Gasteiger partial charge in [-0.05, 0) is 36.8 Å². The summed E-state index contributed by atoms with van der Waals surface area (Å²) in [5, 5.41) is 13.6. The summed E-state index contributed by atoms with van der Waals surface area (Å²) >= 11 is 0. The predicted molar refractivity (Wildman–Crippen MR) is 108 cm³/mol. The third kappa shape index (κ3) is 6.83. The van der Waals surface area contributed by atoms with E-state index in [0.717, 1.165) is 29.6 Å². The summed E-state index contributed by atoms with van der Waals surface area (Å²) < 4.78 is 10.9. The lowest BCUT2D eigenvalue weighted by Crippen LogP contribution is -2.41. The van der Waals surface area contributed by atoms with Gasteiger partial charge < -0.3 is 24.8 Å². The van der Waals surface area contributed by atoms with E-state index < -0.39 is 6.10 Å². The van der Waals surface area contributed by atoms with Crippen LogP contribution in [0, 0.1) is 0 Å². The van der Waals surface area contributed by atoms with Crippen LogP contribution in [0.25, 0.3) is 0 Å². The third-order valence-electron chi connectivity index (χ3n) is 4.05. The molecule has 0 radical (unpaired) electrons. The number of aliphatic imine (C=N–C) groups is 1. The van der Waals surface area contributed by atoms with Crippen LogP contribution >= 0.6 is 0 Å². The molecule has 0 spiro atoms. The van der Waals surface area contributed by atoms with Gasteiger partial charge in [-0.15, -0.1) is 0 Å². The van der Waals surface area contributed by atoms with Gasteiger partial charge in [0.2, 0.25) is 0 Å². The van der Waals surface area contributed by atoms with E-state index in [2.05, 4.69) is 10.3 Å². The molecule has 2 N–H and O–H groups in total. The molecule has 0 aromatic heterocycles. The molecule has 27 heavy (non-hydrogen) atoms. The lowest BCUT2D eigenvalue weighted by atomic mass is 10.1. The van der Waals surface area contributed by atoms with Gasteiger partial charge in [-0.1, -0.05) is 30.3 Å². The van der Waals surface area contributed by atoms with E-state index >= 15 is 0 Å². The van der Waals surface area contributed by atoms with Crippen molar-refractivity contribution in [3.8, 4) is 11.5 Å². The number of ether oxygens (including phenoxy) is 2. The number of likely N-dealkylation sites (N-methyl/N-ethyl adjacent to an activating group) is 1. The zero-order chi connectivity index (χ0) is 19.5. The van der Waals surface area contributed by atoms with Crippen molar-refractivity contribution >= 4 is 5.96 Å². The standard InChI is InChI=1S/C21H29N3O3/c1-4-22-21(24(2)14-15-27-19-8-6-5-7-9-19)23-16-20(25)17-10-12-18(26-3)13-11-17/h5-13,20,25H,4,14-16H2,1-3H3,(H,22,23). The van der Waals surface area contributed by atoms with Crippen molar-refractivity contribution < 1.29 is 14.6 Å². The summed E-state index contributed by atoms with van der Waals surface area (Å²) in [6.07, 6.45) is -0.668. The first-order chi connectivity index (χ1) is 13.1. The highest BCUT2D eigenvalue weighted by Gasteiger charge is 2.10. The molecule has 1 atom stereocenters. The quantitative estimate of drug-likeness (QED) is 0.524. The number of benzene rings is 2. The molecule has 0 saturated heterocycles. The maximum absolute atomic E-state index is 10.4. The fourth-order valence-corrected chi connectivity index (χ4v) is 2.50. The lowest BCUT2D eigenvalue weighted by molar-refractivity contribution is 0.186. The highest BCUT2D eigenvalue weighted by molar-refractivity contribution is 5.79. The third-order valence-corrected chi connectivity index (χ3v) is 4.05. The highest BCUT2D eigenvalue weighted by Crippen LogP contribution is 2.17. The second-order valence-corrected chi connectivity index (χ2v) is 6.07. The average Bonchev–Trinajstić information content (AvgIpc) is 2.71. The smallest absolute Gasteiger partial charge is 0.193 e. The second kappa shape index (κ2) is 11.1. The van der Waals surface area contributed by atoms with Gasteiger partial charge in [0.05, 0.1) is 26.3 Å². The molecule has 2 aromatic rings. The number of methoxy groups -OCH3 is 1. The molecule has 0 fully saturated rings. The minimum atomic E-state index is -0.668. The Bertz CT molecular complexity index is 690. The van der Waals surface area contributed by atoms with Gasteiger partial charge in [0, 0.05) is 13.6 Å². The molecule has 2 aromatic carbocycles. The van der Waals surface area contributed by atoms with Crippen molar-refractivity contribution in [3.05, 3.63) is 60.2 Å². The van der Waals surface area contributed by atoms with Crippen molar-refractivity contribution in [1.82, 2.24) is 10.2 Å². The van der Waals surface area contributed by atoms with E-state index in [0.29, 0.717) is 13.2 Å². The molecular formula is C21H29N3O3. The predicted octanol–water partition coefficient (Wildman–Crippen LogP) is 2.70. The van der Waals surface area contributed by atoms with E-state index in [4.69, 9.17) is 9.47 Å². The summed E-state index contributed by atoms with van der Waals surface area (Å²) in [6.45, 7) is 4.27. The number of aliphatic hydroxyl groups excluding tert-OH is 1. The molecule has 0 amide bonds. The summed E-state index contributed by atoms with van der Waals surface area (Å²) in [6, 6.07) is 17.1. The second-order valence-electron chi connectivity index (χ2n) is 6.07. The molecular weight excluding hydrogens is 342 g/mol. The number of hydrogen-bond donors (Lipinski definition) is 2. The van der Waals surface area contributed by atoms with Crippen LogP contribution in [0.1, 0.15) is 18.6 Å². The van der Waals surface area contributed by atoms with Gasteiger partial charge >= 0.3 is 0 Å². The molecule has 6 nitrogen and oxygen atoms in total. The fourth-order valence-electron chi connectivity index (χ4n) is 2.50. The maximum atomic E-state index is 10.4. The number of para-hydroxylation sites is 1. The van der Waals surface area contributed by atoms with Crippen LogP contribution in [0.2, 0.25) is 0 Å². The zero-order valence-electron chi connectivity index (χ0n) is 16.3. The molecule has 0 heterocycles. The van der Waals surface area contributed by atoms with E-state index in [1.807, 2.05) is 73.5 Å². The SMILES string of the molecule is CCNC(=NCC(O)c1ccc(OC)cc1)N(C)CCOc1ccccc1. The minimum absolute atomic E-state index is 0.276. The Kier molecular flexibility index (Phi) is 8.45. The summed E-state index contributed by atoms with van der Waals surface area (Å²) in [5.74, 6) is 2.35. The molecule has 0 bridgehead atoms. The first-order valence-corrected chi connectivity index (χ1v) is 9.13. The molecule has 0 aliphatic heterocycles. The van der Waals surface area contributed by atoms with Crippen LogP contribution in [-0.2, 0) is 0 Å². The minimum Gasteiger partial charge on any atom is -0.497 e. The van der Waals surface area contributed by atoms with Crippen LogP contribution in [0.4, 0.5) is 0 Å². The van der Waals surface area contributed by atoms with Crippen molar-refractivity contribution in [3.63, 3.8) is 0 Å². The first-order valence-electron chi connectivity index (χ1n) is 9.13. The Morgan fingerprint density at radius 2 is 1.81 bits per heavy atom. The maximum Gasteiger partial charge on any atom is 0.193 e. The lowest BCUT2D eigenvalue weighted by Gasteiger charge is -2.22. The van der Waals surface area contributed by atoms with Gasteiger partial charge in [-0.2, -0.15) is 0 Å². The topological polar surface area (TPSA) is 66.3 Å². The van der Waals surface area contributed by atoms with Gasteiger partial charge in [-0.25, -0.2) is 0 Å². The largest absolute Gasteiger partial charge is 0.497 e. The highest BCUT2D eigenvalue weighted by atomic mass is 16.5. The van der Waals surface area contributed by atoms with Crippen LogP contribution < -0.4 is 14.8 Å². The number of nitrogens with zero attached hydrogens (tertiary/aromatic N) is 2. The summed E-state index contributed by atoms with van der Waals surface area (Å²) in [7, 11) is 3.57. The van der Waals surface area contributed by atoms with Crippen LogP contribution in [0.15, 0.2) is 59.6 Å². The molecule has 146 valence electrons. The van der Waals surface area contributed by atoms with Gasteiger partial charge in [-0.3, -0.25) is 4.99 Å². The Morgan fingerprint density at radius 3 is 2.44 bits per heavy atom. The normalized spacial score (nSPS) is 12.4. The van der Waals surface area contributed by atoms with Gasteiger partial charge in [0.1, 0.15) is 18.1 Å². The van der Waals surface area contributed by atoms with Crippen molar-refractivity contribution in [2.24, 2.45) is 4.99 Å². The zero-order valence-corrected chi connectivity index (χ0v) is 16.3. The average molecular weight is 371 g/mol. The van der Waals surface area contributed by atoms with Gasteiger partial charge in [0.15, 0.2) is 5.96 Å². The number of guanidine groups is 1. The van der Waals surface area contributed by atoms with E-state index in [1.165, 1.54) is 0 Å². The van der Waals surface area contributed by atoms with E-state index in [9.17, 15) is 5.11 Å². The monoisotopic (exact) mass is 371 g/mol. The molecule has 0 aliphatic rings. The first kappa shape index (κ1) is 20.6. The number of rotatable bonds is 9. The van der Waals surface area contributed by atoms with Crippen molar-refractivity contribution in [1.29, 1.82) is 0 Å². The fraction of sp³-hybridized carbons (Fsp3) is 0.381. The Labute approximate surface area is 161 Å². The Balaban J connectivity index is 1.89. The van der Waals surface area contributed by atoms with E-state index in [-0.39, 0.29) is 6.54 Å². The van der Waals surface area contributed by atoms with Gasteiger partial charge in [0.25, 0.3) is 0 Å². The Morgan fingerprint density at radius 1 is 1.11 bits per heavy atom.